The number of hydrogen-bond donors (Lipinski definition) is 4. The second-order valence-electron chi connectivity index (χ2n) is 5.86. The molecule has 1 heterocycles. The molecule has 0 fully saturated rings. The molecule has 0 unspecified atom stereocenters. The van der Waals surface area contributed by atoms with Gasteiger partial charge in [0.25, 0.3) is 0 Å². The number of halogens is 1. The summed E-state index contributed by atoms with van der Waals surface area (Å²) in [7, 11) is -4.11. The van der Waals surface area contributed by atoms with Crippen LogP contribution in [0.5, 0.6) is 0 Å². The Morgan fingerprint density at radius 2 is 1.97 bits per heavy atom. The Morgan fingerprint density at radius 1 is 1.31 bits per heavy atom. The van der Waals surface area contributed by atoms with Gasteiger partial charge in [0.15, 0.2) is 0 Å². The van der Waals surface area contributed by atoms with E-state index in [-0.39, 0.29) is 29.4 Å². The number of carboxylic acid groups (broad SMARTS) is 1. The molecule has 1 aromatic heterocycles. The highest BCUT2D eigenvalue weighted by atomic mass is 35.5. The first-order chi connectivity index (χ1) is 13.6. The fourth-order valence-corrected chi connectivity index (χ4v) is 3.47. The molecule has 5 N–H and O–H groups in total. The van der Waals surface area contributed by atoms with E-state index in [1.54, 1.807) is 12.1 Å². The maximum absolute atomic E-state index is 11.3. The zero-order valence-electron chi connectivity index (χ0n) is 16.3. The van der Waals surface area contributed by atoms with Crippen LogP contribution >= 0.6 is 11.6 Å². The van der Waals surface area contributed by atoms with Crippen LogP contribution in [0.25, 0.3) is 0 Å². The van der Waals surface area contributed by atoms with Gasteiger partial charge in [-0.15, -0.1) is 0 Å². The van der Waals surface area contributed by atoms with Gasteiger partial charge in [0.1, 0.15) is 10.7 Å². The van der Waals surface area contributed by atoms with Gasteiger partial charge in [0, 0.05) is 6.54 Å². The van der Waals surface area contributed by atoms with Crippen molar-refractivity contribution in [3.63, 3.8) is 0 Å². The van der Waals surface area contributed by atoms with Crippen molar-refractivity contribution in [1.82, 2.24) is 4.90 Å². The number of sulfonamides is 1. The molecule has 11 heteroatoms. The lowest BCUT2D eigenvalue weighted by Gasteiger charge is -2.15. The molecule has 0 saturated heterocycles. The number of carboxylic acids is 1. The Balaban J connectivity index is 0.000000447. The molecule has 2 aromatic rings. The third-order valence-electron chi connectivity index (χ3n) is 3.95. The summed E-state index contributed by atoms with van der Waals surface area (Å²) in [5.74, 6) is -0.725. The number of nitrogens with two attached hydrogens (primary N) is 1. The number of nitrogens with zero attached hydrogens (tertiary/aromatic N) is 1. The monoisotopic (exact) mass is 447 g/mol. The fourth-order valence-electron chi connectivity index (χ4n) is 2.37. The Hall–Kier alpha value is -2.11. The third kappa shape index (κ3) is 8.03. The number of carbonyl (C=O) groups is 1. The normalized spacial score (nSPS) is 11.1. The maximum Gasteiger partial charge on any atom is 0.337 e. The standard InChI is InChI=1S/C12H11ClN2O5S.C6H15NO/c13-9-5-10(15-6-7-2-1-3-20-7)8(12(16)17)4-11(9)21(14,18)19;1-3-7(4-2)5-6-8/h1-5,15H,6H2,(H,16,17)(H2,14,18,19);8H,3-6H2,1-2H3. The molecule has 0 aliphatic heterocycles. The Morgan fingerprint density at radius 3 is 2.38 bits per heavy atom. The van der Waals surface area contributed by atoms with E-state index >= 15 is 0 Å². The third-order valence-corrected chi connectivity index (χ3v) is 5.33. The number of benzene rings is 1. The predicted octanol–water partition coefficient (Wildman–Crippen LogP) is 2.21. The van der Waals surface area contributed by atoms with Crippen LogP contribution in [0.15, 0.2) is 39.8 Å². The van der Waals surface area contributed by atoms with Gasteiger partial charge in [0.05, 0.1) is 35.7 Å². The minimum absolute atomic E-state index is 0.163. The van der Waals surface area contributed by atoms with Crippen LogP contribution in [-0.4, -0.2) is 55.7 Å². The van der Waals surface area contributed by atoms with Crippen molar-refractivity contribution in [1.29, 1.82) is 0 Å². The number of aliphatic hydroxyl groups excluding tert-OH is 1. The highest BCUT2D eigenvalue weighted by Gasteiger charge is 2.20. The number of aliphatic hydroxyl groups is 1. The van der Waals surface area contributed by atoms with Crippen molar-refractivity contribution < 1.29 is 27.8 Å². The highest BCUT2D eigenvalue weighted by Crippen LogP contribution is 2.28. The summed E-state index contributed by atoms with van der Waals surface area (Å²) in [5.41, 5.74) is -0.0914. The average molecular weight is 448 g/mol. The molecule has 0 amide bonds. The zero-order chi connectivity index (χ0) is 22.0. The van der Waals surface area contributed by atoms with Gasteiger partial charge >= 0.3 is 5.97 Å². The average Bonchev–Trinajstić information content (AvgIpc) is 3.17. The topological polar surface area (TPSA) is 146 Å². The summed E-state index contributed by atoms with van der Waals surface area (Å²) in [4.78, 5) is 13.0. The Kier molecular flexibility index (Phi) is 10.1. The molecular formula is C18H26ClN3O6S. The van der Waals surface area contributed by atoms with Crippen molar-refractivity contribution in [2.45, 2.75) is 25.3 Å². The summed E-state index contributed by atoms with van der Waals surface area (Å²) in [6, 6.07) is 5.51. The molecule has 162 valence electrons. The summed E-state index contributed by atoms with van der Waals surface area (Å²) in [5, 5.41) is 25.3. The van der Waals surface area contributed by atoms with Crippen LogP contribution in [0.4, 0.5) is 5.69 Å². The van der Waals surface area contributed by atoms with Crippen LogP contribution in [0.2, 0.25) is 5.02 Å². The number of nitrogens with one attached hydrogen (secondary N) is 1. The molecule has 29 heavy (non-hydrogen) atoms. The smallest absolute Gasteiger partial charge is 0.337 e. The number of primary sulfonamides is 1. The maximum atomic E-state index is 11.3. The number of anilines is 1. The van der Waals surface area contributed by atoms with Crippen LogP contribution in [0, 0.1) is 0 Å². The van der Waals surface area contributed by atoms with E-state index in [4.69, 9.17) is 31.4 Å². The van der Waals surface area contributed by atoms with Gasteiger partial charge in [-0.05, 0) is 37.4 Å². The first-order valence-electron chi connectivity index (χ1n) is 8.83. The molecule has 0 spiro atoms. The quantitative estimate of drug-likeness (QED) is 0.457. The van der Waals surface area contributed by atoms with E-state index in [1.165, 1.54) is 12.3 Å². The van der Waals surface area contributed by atoms with Crippen LogP contribution in [0.3, 0.4) is 0 Å². The first-order valence-corrected chi connectivity index (χ1v) is 10.8. The predicted molar refractivity (Wildman–Crippen MR) is 111 cm³/mol. The van der Waals surface area contributed by atoms with Gasteiger partial charge < -0.3 is 24.8 Å². The summed E-state index contributed by atoms with van der Waals surface area (Å²) in [6.45, 7) is 7.58. The van der Waals surface area contributed by atoms with E-state index in [1.807, 2.05) is 0 Å². The molecule has 2 rings (SSSR count). The van der Waals surface area contributed by atoms with Crippen molar-refractivity contribution >= 4 is 33.3 Å². The Labute approximate surface area is 175 Å². The number of hydrogen-bond acceptors (Lipinski definition) is 7. The minimum atomic E-state index is -4.11. The van der Waals surface area contributed by atoms with Crippen molar-refractivity contribution in [2.24, 2.45) is 5.14 Å². The van der Waals surface area contributed by atoms with Crippen molar-refractivity contribution in [3.8, 4) is 0 Å². The first kappa shape index (κ1) is 24.9. The van der Waals surface area contributed by atoms with E-state index in [0.29, 0.717) is 5.76 Å². The number of furan rings is 1. The second-order valence-corrected chi connectivity index (χ2v) is 7.80. The summed E-state index contributed by atoms with van der Waals surface area (Å²) in [6.07, 6.45) is 1.48. The van der Waals surface area contributed by atoms with E-state index in [2.05, 4.69) is 24.1 Å². The lowest BCUT2D eigenvalue weighted by Crippen LogP contribution is -2.25. The van der Waals surface area contributed by atoms with E-state index < -0.39 is 20.9 Å². The largest absolute Gasteiger partial charge is 0.478 e. The lowest BCUT2D eigenvalue weighted by molar-refractivity contribution is 0.0697. The van der Waals surface area contributed by atoms with Crippen molar-refractivity contribution in [2.75, 3.05) is 31.6 Å². The van der Waals surface area contributed by atoms with Gasteiger partial charge in [-0.3, -0.25) is 0 Å². The Bertz CT molecular complexity index is 883. The van der Waals surface area contributed by atoms with Gasteiger partial charge in [0.2, 0.25) is 10.0 Å². The molecule has 0 bridgehead atoms. The van der Waals surface area contributed by atoms with Gasteiger partial charge in [-0.2, -0.15) is 0 Å². The summed E-state index contributed by atoms with van der Waals surface area (Å²) >= 11 is 5.84. The molecule has 9 nitrogen and oxygen atoms in total. The van der Waals surface area contributed by atoms with Crippen LogP contribution in [0.1, 0.15) is 30.0 Å². The second kappa shape index (κ2) is 11.8. The lowest BCUT2D eigenvalue weighted by atomic mass is 10.1. The number of aromatic carboxylic acids is 1. The molecule has 0 atom stereocenters. The van der Waals surface area contributed by atoms with Crippen LogP contribution < -0.4 is 10.5 Å². The number of rotatable bonds is 9. The van der Waals surface area contributed by atoms with Gasteiger partial charge in [-0.1, -0.05) is 25.4 Å². The molecule has 0 aliphatic carbocycles. The molecular weight excluding hydrogens is 422 g/mol. The van der Waals surface area contributed by atoms with E-state index in [9.17, 15) is 13.2 Å². The fraction of sp³-hybridized carbons (Fsp3) is 0.389. The molecule has 1 aromatic carbocycles. The van der Waals surface area contributed by atoms with Gasteiger partial charge in [-0.25, -0.2) is 18.4 Å². The summed E-state index contributed by atoms with van der Waals surface area (Å²) < 4.78 is 27.8. The zero-order valence-corrected chi connectivity index (χ0v) is 17.8. The van der Waals surface area contributed by atoms with Crippen molar-refractivity contribution in [3.05, 3.63) is 46.9 Å². The minimum Gasteiger partial charge on any atom is -0.478 e. The SMILES string of the molecule is CCN(CC)CCO.NS(=O)(=O)c1cc(C(=O)O)c(NCc2ccco2)cc1Cl. The van der Waals surface area contributed by atoms with Crippen LogP contribution in [-0.2, 0) is 16.6 Å². The molecule has 0 radical (unpaired) electrons. The molecule has 0 saturated carbocycles. The number of likely N-dealkylation sites (N-methyl/N-ethyl adjacent to an activating group) is 1. The van der Waals surface area contributed by atoms with E-state index in [0.717, 1.165) is 25.7 Å². The highest BCUT2D eigenvalue weighted by molar-refractivity contribution is 7.89. The molecule has 0 aliphatic rings.